The van der Waals surface area contributed by atoms with Gasteiger partial charge in [-0.05, 0) is 41.0 Å². The van der Waals surface area contributed by atoms with Crippen LogP contribution in [0, 0.1) is 0 Å². The Morgan fingerprint density at radius 2 is 1.69 bits per heavy atom. The van der Waals surface area contributed by atoms with Crippen LogP contribution in [0.4, 0.5) is 5.69 Å². The summed E-state index contributed by atoms with van der Waals surface area (Å²) in [6.45, 7) is 4.48. The number of halogens is 1. The molecule has 6 heteroatoms. The third-order valence-electron chi connectivity index (χ3n) is 6.49. The van der Waals surface area contributed by atoms with E-state index in [4.69, 9.17) is 11.6 Å². The van der Waals surface area contributed by atoms with Gasteiger partial charge in [0.25, 0.3) is 5.91 Å². The van der Waals surface area contributed by atoms with E-state index < -0.39 is 0 Å². The van der Waals surface area contributed by atoms with E-state index in [1.54, 1.807) is 23.1 Å². The molecule has 2 amide bonds. The molecular weight excluding hydrogens is 422 g/mol. The van der Waals surface area contributed by atoms with Crippen molar-refractivity contribution < 1.29 is 9.59 Å². The molecule has 3 aromatic carbocycles. The molecule has 2 saturated heterocycles. The van der Waals surface area contributed by atoms with Crippen molar-refractivity contribution in [2.24, 2.45) is 0 Å². The summed E-state index contributed by atoms with van der Waals surface area (Å²) in [4.78, 5) is 31.7. The maximum Gasteiger partial charge on any atom is 0.256 e. The number of hydrogen-bond donors (Lipinski definition) is 0. The Morgan fingerprint density at radius 3 is 2.47 bits per heavy atom. The van der Waals surface area contributed by atoms with Crippen molar-refractivity contribution in [2.45, 2.75) is 19.4 Å². The Kier molecular flexibility index (Phi) is 5.85. The molecular formula is C26H26ClN3O2. The Hall–Kier alpha value is -2.89. The summed E-state index contributed by atoms with van der Waals surface area (Å²) in [5.41, 5.74) is 2.52. The van der Waals surface area contributed by atoms with Gasteiger partial charge in [-0.2, -0.15) is 0 Å². The summed E-state index contributed by atoms with van der Waals surface area (Å²) in [6.07, 6.45) is 1.33. The van der Waals surface area contributed by atoms with Crippen LogP contribution in [0.1, 0.15) is 28.8 Å². The van der Waals surface area contributed by atoms with Gasteiger partial charge in [-0.25, -0.2) is 0 Å². The lowest BCUT2D eigenvalue weighted by atomic mass is 10.0. The predicted octanol–water partition coefficient (Wildman–Crippen LogP) is 4.58. The van der Waals surface area contributed by atoms with Crippen LogP contribution in [-0.4, -0.2) is 54.3 Å². The van der Waals surface area contributed by atoms with Gasteiger partial charge in [0.2, 0.25) is 5.91 Å². The highest BCUT2D eigenvalue weighted by molar-refractivity contribution is 6.31. The first-order valence-electron chi connectivity index (χ1n) is 11.2. The van der Waals surface area contributed by atoms with E-state index >= 15 is 0 Å². The molecule has 0 aromatic heterocycles. The number of benzene rings is 3. The minimum atomic E-state index is -0.0267. The maximum atomic E-state index is 13.4. The molecule has 2 fully saturated rings. The fourth-order valence-electron chi connectivity index (χ4n) is 4.76. The molecule has 2 heterocycles. The zero-order valence-electron chi connectivity index (χ0n) is 18.0. The van der Waals surface area contributed by atoms with Gasteiger partial charge in [0.1, 0.15) is 0 Å². The Balaban J connectivity index is 1.29. The van der Waals surface area contributed by atoms with Crippen molar-refractivity contribution in [2.75, 3.05) is 37.6 Å². The van der Waals surface area contributed by atoms with E-state index in [-0.39, 0.29) is 11.8 Å². The largest absolute Gasteiger partial charge is 0.336 e. The van der Waals surface area contributed by atoms with Crippen LogP contribution in [0.15, 0.2) is 60.7 Å². The standard InChI is InChI=1S/C26H26ClN3O2/c27-21-10-11-23(24(17-21)30-12-4-9-25(30)31)26(32)29-15-13-28(14-16-29)18-20-7-3-6-19-5-1-2-8-22(19)20/h1-3,5-8,10-11,17H,4,9,12-16,18H2. The number of nitrogens with zero attached hydrogens (tertiary/aromatic N) is 3. The molecule has 0 radical (unpaired) electrons. The lowest BCUT2D eigenvalue weighted by Crippen LogP contribution is -2.48. The van der Waals surface area contributed by atoms with Crippen LogP contribution in [0.25, 0.3) is 10.8 Å². The number of rotatable bonds is 4. The smallest absolute Gasteiger partial charge is 0.256 e. The lowest BCUT2D eigenvalue weighted by molar-refractivity contribution is -0.117. The van der Waals surface area contributed by atoms with Crippen molar-refractivity contribution in [3.05, 3.63) is 76.8 Å². The molecule has 2 aliphatic heterocycles. The zero-order chi connectivity index (χ0) is 22.1. The van der Waals surface area contributed by atoms with Crippen LogP contribution in [0.5, 0.6) is 0 Å². The molecule has 5 nitrogen and oxygen atoms in total. The quantitative estimate of drug-likeness (QED) is 0.588. The predicted molar refractivity (Wildman–Crippen MR) is 128 cm³/mol. The van der Waals surface area contributed by atoms with Gasteiger partial charge in [0.15, 0.2) is 0 Å². The van der Waals surface area contributed by atoms with Crippen molar-refractivity contribution >= 4 is 39.9 Å². The van der Waals surface area contributed by atoms with Gasteiger partial charge in [-0.3, -0.25) is 14.5 Å². The average molecular weight is 448 g/mol. The molecule has 0 spiro atoms. The summed E-state index contributed by atoms with van der Waals surface area (Å²) < 4.78 is 0. The van der Waals surface area contributed by atoms with E-state index in [1.165, 1.54) is 16.3 Å². The highest BCUT2D eigenvalue weighted by Gasteiger charge is 2.29. The number of piperazine rings is 1. The molecule has 0 unspecified atom stereocenters. The number of carbonyl (C=O) groups excluding carboxylic acids is 2. The first kappa shape index (κ1) is 21.0. The summed E-state index contributed by atoms with van der Waals surface area (Å²) in [6, 6.07) is 20.1. The van der Waals surface area contributed by atoms with E-state index in [9.17, 15) is 9.59 Å². The van der Waals surface area contributed by atoms with E-state index in [0.29, 0.717) is 42.3 Å². The maximum absolute atomic E-state index is 13.4. The van der Waals surface area contributed by atoms with Gasteiger partial charge in [0, 0.05) is 50.7 Å². The topological polar surface area (TPSA) is 43.9 Å². The molecule has 5 rings (SSSR count). The number of fused-ring (bicyclic) bond motifs is 1. The minimum Gasteiger partial charge on any atom is -0.336 e. The van der Waals surface area contributed by atoms with Gasteiger partial charge >= 0.3 is 0 Å². The molecule has 0 saturated carbocycles. The summed E-state index contributed by atoms with van der Waals surface area (Å²) in [5, 5.41) is 3.08. The van der Waals surface area contributed by atoms with Gasteiger partial charge in [-0.1, -0.05) is 54.1 Å². The highest BCUT2D eigenvalue weighted by atomic mass is 35.5. The van der Waals surface area contributed by atoms with Gasteiger partial charge in [0.05, 0.1) is 11.3 Å². The number of anilines is 1. The highest BCUT2D eigenvalue weighted by Crippen LogP contribution is 2.30. The van der Waals surface area contributed by atoms with Gasteiger partial charge in [-0.15, -0.1) is 0 Å². The molecule has 0 N–H and O–H groups in total. The molecule has 0 atom stereocenters. The van der Waals surface area contributed by atoms with E-state index in [1.807, 2.05) is 4.90 Å². The Bertz CT molecular complexity index is 1170. The van der Waals surface area contributed by atoms with Crippen LogP contribution in [-0.2, 0) is 11.3 Å². The fraction of sp³-hybridized carbons (Fsp3) is 0.308. The Labute approximate surface area is 193 Å². The average Bonchev–Trinajstić information content (AvgIpc) is 3.25. The van der Waals surface area contributed by atoms with E-state index in [2.05, 4.69) is 47.4 Å². The molecule has 3 aromatic rings. The summed E-state index contributed by atoms with van der Waals surface area (Å²) in [5.74, 6) is 0.0300. The van der Waals surface area contributed by atoms with Crippen molar-refractivity contribution in [1.82, 2.24) is 9.80 Å². The number of amides is 2. The Morgan fingerprint density at radius 1 is 0.906 bits per heavy atom. The minimum absolute atomic E-state index is 0.0267. The molecule has 32 heavy (non-hydrogen) atoms. The zero-order valence-corrected chi connectivity index (χ0v) is 18.7. The third kappa shape index (κ3) is 4.10. The van der Waals surface area contributed by atoms with Crippen LogP contribution < -0.4 is 4.90 Å². The first-order chi connectivity index (χ1) is 15.6. The summed E-state index contributed by atoms with van der Waals surface area (Å²) >= 11 is 6.20. The van der Waals surface area contributed by atoms with E-state index in [0.717, 1.165) is 26.1 Å². The monoisotopic (exact) mass is 447 g/mol. The molecule has 0 bridgehead atoms. The van der Waals surface area contributed by atoms with Crippen LogP contribution in [0.2, 0.25) is 5.02 Å². The third-order valence-corrected chi connectivity index (χ3v) is 6.72. The SMILES string of the molecule is O=C(c1ccc(Cl)cc1N1CCCC1=O)N1CCN(Cc2cccc3ccccc23)CC1. The second-order valence-electron chi connectivity index (χ2n) is 8.52. The number of hydrogen-bond acceptors (Lipinski definition) is 3. The first-order valence-corrected chi connectivity index (χ1v) is 11.6. The molecule has 2 aliphatic rings. The second-order valence-corrected chi connectivity index (χ2v) is 8.95. The lowest BCUT2D eigenvalue weighted by Gasteiger charge is -2.35. The van der Waals surface area contributed by atoms with Crippen molar-refractivity contribution in [3.8, 4) is 0 Å². The molecule has 0 aliphatic carbocycles. The van der Waals surface area contributed by atoms with Crippen molar-refractivity contribution in [3.63, 3.8) is 0 Å². The van der Waals surface area contributed by atoms with Crippen LogP contribution >= 0.6 is 11.6 Å². The number of carbonyl (C=O) groups is 2. The van der Waals surface area contributed by atoms with Gasteiger partial charge < -0.3 is 9.80 Å². The second kappa shape index (κ2) is 8.93. The van der Waals surface area contributed by atoms with Crippen molar-refractivity contribution in [1.29, 1.82) is 0 Å². The summed E-state index contributed by atoms with van der Waals surface area (Å²) in [7, 11) is 0. The van der Waals surface area contributed by atoms with Crippen LogP contribution in [0.3, 0.4) is 0 Å². The normalized spacial score (nSPS) is 17.3. The molecule has 164 valence electrons. The fourth-order valence-corrected chi connectivity index (χ4v) is 4.93.